The molecule has 2 rings (SSSR count). The first-order valence-electron chi connectivity index (χ1n) is 7.47. The number of fused-ring (bicyclic) bond motifs is 1. The maximum atomic E-state index is 12.2. The summed E-state index contributed by atoms with van der Waals surface area (Å²) in [4.78, 5) is 24.1. The summed E-state index contributed by atoms with van der Waals surface area (Å²) in [7, 11) is 0. The molecular formula is C17H20ClNO4. The topological polar surface area (TPSA) is 68.5 Å². The van der Waals surface area contributed by atoms with Gasteiger partial charge in [-0.25, -0.2) is 4.79 Å². The summed E-state index contributed by atoms with van der Waals surface area (Å²) in [6.07, 6.45) is -0.891. The standard InChI is InChI=1S/C17H20ClNO4/c1-9(2)8-19-16(20)11(4)22-17(21)15-10(3)13-7-12(18)5-6-14(13)23-15/h5-7,9,11H,8H2,1-4H3,(H,19,20)/t11-/m1/s1. The van der Waals surface area contributed by atoms with Crippen LogP contribution < -0.4 is 5.32 Å². The predicted molar refractivity (Wildman–Crippen MR) is 88.7 cm³/mol. The Kier molecular flexibility index (Phi) is 5.31. The van der Waals surface area contributed by atoms with Crippen LogP contribution >= 0.6 is 11.6 Å². The fraction of sp³-hybridized carbons (Fsp3) is 0.412. The van der Waals surface area contributed by atoms with Crippen LogP contribution in [0.5, 0.6) is 0 Å². The molecule has 124 valence electrons. The zero-order valence-electron chi connectivity index (χ0n) is 13.6. The molecule has 0 fully saturated rings. The van der Waals surface area contributed by atoms with Gasteiger partial charge in [0, 0.05) is 22.5 Å². The highest BCUT2D eigenvalue weighted by molar-refractivity contribution is 6.31. The zero-order valence-corrected chi connectivity index (χ0v) is 14.4. The van der Waals surface area contributed by atoms with E-state index in [1.165, 1.54) is 6.92 Å². The fourth-order valence-corrected chi connectivity index (χ4v) is 2.28. The lowest BCUT2D eigenvalue weighted by Crippen LogP contribution is -2.37. The molecule has 2 aromatic rings. The summed E-state index contributed by atoms with van der Waals surface area (Å²) < 4.78 is 10.7. The first-order chi connectivity index (χ1) is 10.8. The van der Waals surface area contributed by atoms with Crippen molar-refractivity contribution in [1.82, 2.24) is 5.32 Å². The molecule has 0 spiro atoms. The minimum absolute atomic E-state index is 0.0887. The lowest BCUT2D eigenvalue weighted by molar-refractivity contribution is -0.129. The highest BCUT2D eigenvalue weighted by Crippen LogP contribution is 2.28. The molecule has 1 N–H and O–H groups in total. The minimum atomic E-state index is -0.891. The number of esters is 1. The Hall–Kier alpha value is -2.01. The first kappa shape index (κ1) is 17.3. The maximum absolute atomic E-state index is 12.2. The zero-order chi connectivity index (χ0) is 17.1. The summed E-state index contributed by atoms with van der Waals surface area (Å²) in [6, 6.07) is 5.11. The largest absolute Gasteiger partial charge is 0.449 e. The Bertz CT molecular complexity index is 736. The van der Waals surface area contributed by atoms with E-state index < -0.39 is 12.1 Å². The van der Waals surface area contributed by atoms with E-state index >= 15 is 0 Å². The number of aryl methyl sites for hydroxylation is 1. The molecule has 23 heavy (non-hydrogen) atoms. The van der Waals surface area contributed by atoms with Gasteiger partial charge in [0.1, 0.15) is 5.58 Å². The van der Waals surface area contributed by atoms with Crippen LogP contribution in [0.15, 0.2) is 22.6 Å². The van der Waals surface area contributed by atoms with Gasteiger partial charge in [0.2, 0.25) is 5.76 Å². The van der Waals surface area contributed by atoms with Crippen molar-refractivity contribution in [2.45, 2.75) is 33.8 Å². The van der Waals surface area contributed by atoms with Gasteiger partial charge in [-0.15, -0.1) is 0 Å². The predicted octanol–water partition coefficient (Wildman–Crippen LogP) is 3.71. The van der Waals surface area contributed by atoms with Gasteiger partial charge < -0.3 is 14.5 Å². The van der Waals surface area contributed by atoms with Crippen LogP contribution in [-0.2, 0) is 9.53 Å². The number of ether oxygens (including phenoxy) is 1. The van der Waals surface area contributed by atoms with Crippen molar-refractivity contribution >= 4 is 34.4 Å². The third kappa shape index (κ3) is 4.05. The third-order valence-electron chi connectivity index (χ3n) is 3.42. The molecule has 5 nitrogen and oxygen atoms in total. The lowest BCUT2D eigenvalue weighted by Gasteiger charge is -2.14. The SMILES string of the molecule is Cc1c(C(=O)O[C@H](C)C(=O)NCC(C)C)oc2ccc(Cl)cc12. The number of carbonyl (C=O) groups excluding carboxylic acids is 2. The number of rotatable bonds is 5. The van der Waals surface area contributed by atoms with Crippen molar-refractivity contribution in [2.75, 3.05) is 6.54 Å². The van der Waals surface area contributed by atoms with Gasteiger partial charge in [0.15, 0.2) is 6.10 Å². The number of benzene rings is 1. The van der Waals surface area contributed by atoms with Crippen molar-refractivity contribution in [2.24, 2.45) is 5.92 Å². The fourth-order valence-electron chi connectivity index (χ4n) is 2.10. The second-order valence-electron chi connectivity index (χ2n) is 5.88. The number of hydrogen-bond acceptors (Lipinski definition) is 4. The molecule has 1 aromatic carbocycles. The van der Waals surface area contributed by atoms with E-state index in [0.717, 1.165) is 5.39 Å². The van der Waals surface area contributed by atoms with Crippen LogP contribution in [0.3, 0.4) is 0 Å². The van der Waals surface area contributed by atoms with Crippen LogP contribution in [0.25, 0.3) is 11.0 Å². The highest BCUT2D eigenvalue weighted by Gasteiger charge is 2.24. The highest BCUT2D eigenvalue weighted by atomic mass is 35.5. The van der Waals surface area contributed by atoms with Crippen LogP contribution in [0.4, 0.5) is 0 Å². The van der Waals surface area contributed by atoms with Gasteiger partial charge >= 0.3 is 5.97 Å². The van der Waals surface area contributed by atoms with Crippen LogP contribution in [0, 0.1) is 12.8 Å². The molecule has 1 amide bonds. The number of nitrogens with one attached hydrogen (secondary N) is 1. The van der Waals surface area contributed by atoms with Crippen LogP contribution in [0.2, 0.25) is 5.02 Å². The normalized spacial score (nSPS) is 12.4. The molecule has 0 radical (unpaired) electrons. The molecule has 6 heteroatoms. The van der Waals surface area contributed by atoms with E-state index in [9.17, 15) is 9.59 Å². The quantitative estimate of drug-likeness (QED) is 0.844. The molecule has 0 bridgehead atoms. The van der Waals surface area contributed by atoms with E-state index in [1.54, 1.807) is 25.1 Å². The summed E-state index contributed by atoms with van der Waals surface area (Å²) in [6.45, 7) is 7.78. The summed E-state index contributed by atoms with van der Waals surface area (Å²) in [5, 5.41) is 4.03. The Morgan fingerprint density at radius 2 is 2.00 bits per heavy atom. The maximum Gasteiger partial charge on any atom is 0.375 e. The summed E-state index contributed by atoms with van der Waals surface area (Å²) in [5.74, 6) is -0.583. The first-order valence-corrected chi connectivity index (χ1v) is 7.84. The van der Waals surface area contributed by atoms with E-state index in [0.29, 0.717) is 28.6 Å². The number of amides is 1. The molecule has 0 saturated carbocycles. The number of carbonyl (C=O) groups is 2. The number of halogens is 1. The molecular weight excluding hydrogens is 318 g/mol. The van der Waals surface area contributed by atoms with Crippen molar-refractivity contribution in [3.05, 3.63) is 34.5 Å². The van der Waals surface area contributed by atoms with Gasteiger partial charge in [0.05, 0.1) is 0 Å². The second-order valence-corrected chi connectivity index (χ2v) is 6.32. The van der Waals surface area contributed by atoms with E-state index in [2.05, 4.69) is 5.32 Å². The molecule has 1 atom stereocenters. The van der Waals surface area contributed by atoms with Crippen LogP contribution in [-0.4, -0.2) is 24.5 Å². The molecule has 1 aromatic heterocycles. The smallest absolute Gasteiger partial charge is 0.375 e. The Balaban J connectivity index is 2.11. The van der Waals surface area contributed by atoms with Gasteiger partial charge in [-0.3, -0.25) is 4.79 Å². The number of furan rings is 1. The third-order valence-corrected chi connectivity index (χ3v) is 3.66. The van der Waals surface area contributed by atoms with E-state index in [1.807, 2.05) is 13.8 Å². The molecule has 1 heterocycles. The van der Waals surface area contributed by atoms with Gasteiger partial charge in [-0.2, -0.15) is 0 Å². The molecule has 0 aliphatic heterocycles. The van der Waals surface area contributed by atoms with Crippen LogP contribution in [0.1, 0.15) is 36.9 Å². The lowest BCUT2D eigenvalue weighted by atomic mass is 10.1. The monoisotopic (exact) mass is 337 g/mol. The van der Waals surface area contributed by atoms with Gasteiger partial charge in [0.25, 0.3) is 5.91 Å². The summed E-state index contributed by atoms with van der Waals surface area (Å²) in [5.41, 5.74) is 1.19. The van der Waals surface area contributed by atoms with E-state index in [4.69, 9.17) is 20.8 Å². The number of hydrogen-bond donors (Lipinski definition) is 1. The molecule has 0 saturated heterocycles. The van der Waals surface area contributed by atoms with Gasteiger partial charge in [-0.1, -0.05) is 25.4 Å². The second kappa shape index (κ2) is 7.04. The summed E-state index contributed by atoms with van der Waals surface area (Å²) >= 11 is 5.95. The molecule has 0 aliphatic carbocycles. The van der Waals surface area contributed by atoms with E-state index in [-0.39, 0.29) is 11.7 Å². The molecule has 0 aliphatic rings. The van der Waals surface area contributed by atoms with Crippen molar-refractivity contribution < 1.29 is 18.7 Å². The average molecular weight is 338 g/mol. The minimum Gasteiger partial charge on any atom is -0.449 e. The van der Waals surface area contributed by atoms with Crippen molar-refractivity contribution in [3.8, 4) is 0 Å². The average Bonchev–Trinajstić information content (AvgIpc) is 2.81. The molecule has 0 unspecified atom stereocenters. The van der Waals surface area contributed by atoms with Crippen molar-refractivity contribution in [1.29, 1.82) is 0 Å². The Labute approximate surface area is 139 Å². The van der Waals surface area contributed by atoms with Gasteiger partial charge in [-0.05, 0) is 38.0 Å². The Morgan fingerprint density at radius 1 is 1.30 bits per heavy atom. The Morgan fingerprint density at radius 3 is 2.65 bits per heavy atom. The van der Waals surface area contributed by atoms with Crippen molar-refractivity contribution in [3.63, 3.8) is 0 Å².